The van der Waals surface area contributed by atoms with Crippen LogP contribution in [0.4, 0.5) is 5.69 Å². The summed E-state index contributed by atoms with van der Waals surface area (Å²) in [6.07, 6.45) is 0. The molecular weight excluding hydrogens is 342 g/mol. The number of hydrogen-bond acceptors (Lipinski definition) is 6. The first-order valence-corrected chi connectivity index (χ1v) is 7.25. The molecule has 0 aliphatic rings. The summed E-state index contributed by atoms with van der Waals surface area (Å²) >= 11 is 5.64. The molecule has 0 heterocycles. The number of benzene rings is 1. The molecule has 2 amide bonds. The summed E-state index contributed by atoms with van der Waals surface area (Å²) < 4.78 is 4.70. The quantitative estimate of drug-likeness (QED) is 0.426. The normalized spacial score (nSPS) is 10.2. The van der Waals surface area contributed by atoms with Gasteiger partial charge in [0.2, 0.25) is 5.91 Å². The molecule has 0 spiro atoms. The minimum absolute atomic E-state index is 0.0716. The SMILES string of the molecule is CC(C)NC(=O)CNC(=O)COC(=O)c1ccc(Cl)cc1[N+](=O)[O-]. The van der Waals surface area contributed by atoms with Crippen molar-refractivity contribution in [1.82, 2.24) is 10.6 Å². The molecule has 1 aromatic rings. The van der Waals surface area contributed by atoms with Crippen LogP contribution in [0.5, 0.6) is 0 Å². The number of carbonyl (C=O) groups excluding carboxylic acids is 3. The lowest BCUT2D eigenvalue weighted by Gasteiger charge is -2.09. The van der Waals surface area contributed by atoms with Gasteiger partial charge in [0.1, 0.15) is 5.56 Å². The van der Waals surface area contributed by atoms with E-state index in [1.54, 1.807) is 13.8 Å². The number of hydrogen-bond donors (Lipinski definition) is 2. The van der Waals surface area contributed by atoms with Gasteiger partial charge in [0.05, 0.1) is 11.5 Å². The maximum Gasteiger partial charge on any atom is 0.345 e. The minimum atomic E-state index is -1.04. The van der Waals surface area contributed by atoms with E-state index in [-0.39, 0.29) is 23.2 Å². The van der Waals surface area contributed by atoms with E-state index in [4.69, 9.17) is 16.3 Å². The van der Waals surface area contributed by atoms with E-state index in [0.717, 1.165) is 12.1 Å². The summed E-state index contributed by atoms with van der Waals surface area (Å²) in [5.74, 6) is -2.14. The van der Waals surface area contributed by atoms with Crippen LogP contribution in [0.15, 0.2) is 18.2 Å². The van der Waals surface area contributed by atoms with E-state index >= 15 is 0 Å². The first kappa shape index (κ1) is 19.4. The standard InChI is InChI=1S/C14H16ClN3O6/c1-8(2)17-12(19)6-16-13(20)7-24-14(21)10-4-3-9(15)5-11(10)18(22)23/h3-5,8H,6-7H2,1-2H3,(H,16,20)(H,17,19). The predicted molar refractivity (Wildman–Crippen MR) is 84.7 cm³/mol. The largest absolute Gasteiger partial charge is 0.452 e. The number of nitro groups is 1. The third-order valence-electron chi connectivity index (χ3n) is 2.61. The van der Waals surface area contributed by atoms with Crippen LogP contribution >= 0.6 is 11.6 Å². The topological polar surface area (TPSA) is 128 Å². The number of halogens is 1. The molecule has 1 aromatic carbocycles. The molecule has 10 heteroatoms. The van der Waals surface area contributed by atoms with Crippen LogP contribution in [0.3, 0.4) is 0 Å². The van der Waals surface area contributed by atoms with Crippen LogP contribution in [-0.2, 0) is 14.3 Å². The van der Waals surface area contributed by atoms with Gasteiger partial charge in [-0.1, -0.05) is 11.6 Å². The van der Waals surface area contributed by atoms with Crippen molar-refractivity contribution >= 4 is 35.1 Å². The number of amides is 2. The summed E-state index contributed by atoms with van der Waals surface area (Å²) in [7, 11) is 0. The number of nitrogens with zero attached hydrogens (tertiary/aromatic N) is 1. The van der Waals surface area contributed by atoms with Gasteiger partial charge >= 0.3 is 5.97 Å². The van der Waals surface area contributed by atoms with Crippen molar-refractivity contribution in [2.75, 3.05) is 13.2 Å². The highest BCUT2D eigenvalue weighted by atomic mass is 35.5. The molecule has 0 fully saturated rings. The Bertz CT molecular complexity index is 662. The number of ether oxygens (including phenoxy) is 1. The fourth-order valence-corrected chi connectivity index (χ4v) is 1.81. The summed E-state index contributed by atoms with van der Waals surface area (Å²) in [6, 6.07) is 3.37. The van der Waals surface area contributed by atoms with Gasteiger partial charge in [-0.15, -0.1) is 0 Å². The molecule has 24 heavy (non-hydrogen) atoms. The zero-order valence-electron chi connectivity index (χ0n) is 13.0. The highest BCUT2D eigenvalue weighted by Gasteiger charge is 2.22. The monoisotopic (exact) mass is 357 g/mol. The lowest BCUT2D eigenvalue weighted by molar-refractivity contribution is -0.385. The minimum Gasteiger partial charge on any atom is -0.452 e. The van der Waals surface area contributed by atoms with Crippen molar-refractivity contribution in [1.29, 1.82) is 0 Å². The average Bonchev–Trinajstić information content (AvgIpc) is 2.49. The van der Waals surface area contributed by atoms with Gasteiger partial charge in [0.15, 0.2) is 6.61 Å². The lowest BCUT2D eigenvalue weighted by atomic mass is 10.2. The molecule has 0 bridgehead atoms. The highest BCUT2D eigenvalue weighted by molar-refractivity contribution is 6.31. The second-order valence-corrected chi connectivity index (χ2v) is 5.43. The molecule has 9 nitrogen and oxygen atoms in total. The molecule has 0 atom stereocenters. The zero-order valence-corrected chi connectivity index (χ0v) is 13.8. The van der Waals surface area contributed by atoms with Crippen LogP contribution in [0.2, 0.25) is 5.02 Å². The molecule has 1 rings (SSSR count). The van der Waals surface area contributed by atoms with Crippen LogP contribution in [0, 0.1) is 10.1 Å². The van der Waals surface area contributed by atoms with Crippen molar-refractivity contribution in [2.45, 2.75) is 19.9 Å². The van der Waals surface area contributed by atoms with Crippen molar-refractivity contribution in [2.24, 2.45) is 0 Å². The molecule has 0 aromatic heterocycles. The predicted octanol–water partition coefficient (Wildman–Crippen LogP) is 1.05. The highest BCUT2D eigenvalue weighted by Crippen LogP contribution is 2.23. The van der Waals surface area contributed by atoms with Crippen molar-refractivity contribution < 1.29 is 24.0 Å². The Morgan fingerprint density at radius 2 is 1.96 bits per heavy atom. The molecule has 0 aliphatic heterocycles. The van der Waals surface area contributed by atoms with E-state index in [2.05, 4.69) is 10.6 Å². The van der Waals surface area contributed by atoms with Crippen molar-refractivity contribution in [3.63, 3.8) is 0 Å². The van der Waals surface area contributed by atoms with E-state index in [1.165, 1.54) is 6.07 Å². The van der Waals surface area contributed by atoms with E-state index in [1.807, 2.05) is 0 Å². The number of nitro benzene ring substituents is 1. The third kappa shape index (κ3) is 6.21. The number of nitrogens with one attached hydrogen (secondary N) is 2. The Kier molecular flexibility index (Phi) is 7.12. The van der Waals surface area contributed by atoms with E-state index in [0.29, 0.717) is 0 Å². The van der Waals surface area contributed by atoms with Gasteiger partial charge in [-0.25, -0.2) is 4.79 Å². The molecule has 130 valence electrons. The molecule has 2 N–H and O–H groups in total. The fraction of sp³-hybridized carbons (Fsp3) is 0.357. The van der Waals surface area contributed by atoms with Crippen molar-refractivity contribution in [3.8, 4) is 0 Å². The maximum atomic E-state index is 11.8. The summed E-state index contributed by atoms with van der Waals surface area (Å²) in [4.78, 5) is 44.8. The van der Waals surface area contributed by atoms with Crippen LogP contribution < -0.4 is 10.6 Å². The second kappa shape index (κ2) is 8.82. The first-order valence-electron chi connectivity index (χ1n) is 6.87. The zero-order chi connectivity index (χ0) is 18.3. The average molecular weight is 358 g/mol. The molecule has 0 aliphatic carbocycles. The van der Waals surface area contributed by atoms with Crippen molar-refractivity contribution in [3.05, 3.63) is 38.9 Å². The number of rotatable bonds is 7. The summed E-state index contributed by atoms with van der Waals surface area (Å²) in [5, 5.41) is 15.8. The van der Waals surface area contributed by atoms with Gasteiger partial charge in [0, 0.05) is 17.1 Å². The molecule has 0 radical (unpaired) electrons. The third-order valence-corrected chi connectivity index (χ3v) is 2.84. The summed E-state index contributed by atoms with van der Waals surface area (Å²) in [5.41, 5.74) is -0.848. The Morgan fingerprint density at radius 1 is 1.29 bits per heavy atom. The van der Waals surface area contributed by atoms with Gasteiger partial charge in [-0.2, -0.15) is 0 Å². The molecule has 0 saturated carbocycles. The Hall–Kier alpha value is -2.68. The van der Waals surface area contributed by atoms with Gasteiger partial charge in [-0.3, -0.25) is 19.7 Å². The smallest absolute Gasteiger partial charge is 0.345 e. The Morgan fingerprint density at radius 3 is 2.54 bits per heavy atom. The second-order valence-electron chi connectivity index (χ2n) is 4.99. The van der Waals surface area contributed by atoms with Crippen LogP contribution in [0.1, 0.15) is 24.2 Å². The molecule has 0 saturated heterocycles. The maximum absolute atomic E-state index is 11.8. The van der Waals surface area contributed by atoms with Gasteiger partial charge < -0.3 is 15.4 Å². The first-order chi connectivity index (χ1) is 11.2. The Balaban J connectivity index is 2.56. The number of esters is 1. The molecule has 0 unspecified atom stereocenters. The van der Waals surface area contributed by atoms with E-state index < -0.39 is 35.0 Å². The van der Waals surface area contributed by atoms with Crippen LogP contribution in [0.25, 0.3) is 0 Å². The molecular formula is C14H16ClN3O6. The Labute approximate surface area is 142 Å². The van der Waals surface area contributed by atoms with Crippen LogP contribution in [-0.4, -0.2) is 41.9 Å². The fourth-order valence-electron chi connectivity index (χ4n) is 1.64. The summed E-state index contributed by atoms with van der Waals surface area (Å²) in [6.45, 7) is 2.59. The van der Waals surface area contributed by atoms with E-state index in [9.17, 15) is 24.5 Å². The van der Waals surface area contributed by atoms with Gasteiger partial charge in [0.25, 0.3) is 11.6 Å². The number of carbonyl (C=O) groups is 3. The lowest BCUT2D eigenvalue weighted by Crippen LogP contribution is -2.41. The van der Waals surface area contributed by atoms with Gasteiger partial charge in [-0.05, 0) is 26.0 Å².